The number of hydrogen-bond acceptors (Lipinski definition) is 2. The van der Waals surface area contributed by atoms with Crippen LogP contribution in [0.5, 0.6) is 0 Å². The molecule has 0 aromatic rings. The third kappa shape index (κ3) is 4.00. The fourth-order valence-corrected chi connectivity index (χ4v) is 1.68. The van der Waals surface area contributed by atoms with Crippen LogP contribution in [0.4, 0.5) is 8.78 Å². The van der Waals surface area contributed by atoms with Gasteiger partial charge in [-0.15, -0.1) is 0 Å². The van der Waals surface area contributed by atoms with Crippen molar-refractivity contribution in [2.75, 3.05) is 26.2 Å². The van der Waals surface area contributed by atoms with Gasteiger partial charge in [0.15, 0.2) is 0 Å². The van der Waals surface area contributed by atoms with E-state index in [1.165, 1.54) is 19.3 Å². The van der Waals surface area contributed by atoms with Crippen LogP contribution in [0.15, 0.2) is 0 Å². The molecule has 0 unspecified atom stereocenters. The van der Waals surface area contributed by atoms with E-state index in [-0.39, 0.29) is 6.54 Å². The van der Waals surface area contributed by atoms with Crippen molar-refractivity contribution in [2.24, 2.45) is 11.7 Å². The van der Waals surface area contributed by atoms with E-state index >= 15 is 0 Å². The minimum Gasteiger partial charge on any atom is -0.329 e. The zero-order valence-electron chi connectivity index (χ0n) is 7.88. The third-order valence-electron chi connectivity index (χ3n) is 2.58. The van der Waals surface area contributed by atoms with E-state index in [9.17, 15) is 8.78 Å². The van der Waals surface area contributed by atoms with Crippen LogP contribution in [-0.2, 0) is 0 Å². The van der Waals surface area contributed by atoms with Gasteiger partial charge in [0.2, 0.25) is 0 Å². The number of alkyl halides is 2. The minimum absolute atomic E-state index is 0.117. The summed E-state index contributed by atoms with van der Waals surface area (Å²) < 4.78 is 24.2. The Hall–Kier alpha value is -0.220. The summed E-state index contributed by atoms with van der Waals surface area (Å²) in [5.41, 5.74) is 5.35. The van der Waals surface area contributed by atoms with Crippen molar-refractivity contribution in [1.29, 1.82) is 0 Å². The van der Waals surface area contributed by atoms with Crippen molar-refractivity contribution in [3.05, 3.63) is 0 Å². The van der Waals surface area contributed by atoms with Gasteiger partial charge in [0.25, 0.3) is 6.43 Å². The van der Waals surface area contributed by atoms with Gasteiger partial charge in [0.05, 0.1) is 6.54 Å². The standard InChI is InChI=1S/C9H18F2N2/c10-9(11)7-13(5-4-12)6-8-2-1-3-8/h8-9H,1-7,12H2. The second kappa shape index (κ2) is 5.50. The highest BCUT2D eigenvalue weighted by atomic mass is 19.3. The average molecular weight is 192 g/mol. The van der Waals surface area contributed by atoms with Crippen LogP contribution < -0.4 is 5.73 Å². The van der Waals surface area contributed by atoms with Crippen molar-refractivity contribution >= 4 is 0 Å². The second-order valence-corrected chi connectivity index (χ2v) is 3.74. The van der Waals surface area contributed by atoms with E-state index < -0.39 is 6.43 Å². The molecule has 0 radical (unpaired) electrons. The monoisotopic (exact) mass is 192 g/mol. The molecule has 4 heteroatoms. The molecule has 0 spiro atoms. The van der Waals surface area contributed by atoms with E-state index in [1.807, 2.05) is 0 Å². The Morgan fingerprint density at radius 3 is 2.46 bits per heavy atom. The molecule has 0 bridgehead atoms. The van der Waals surface area contributed by atoms with Gasteiger partial charge in [0, 0.05) is 19.6 Å². The lowest BCUT2D eigenvalue weighted by molar-refractivity contribution is 0.0724. The smallest absolute Gasteiger partial charge is 0.251 e. The molecular weight excluding hydrogens is 174 g/mol. The lowest BCUT2D eigenvalue weighted by atomic mass is 9.85. The molecule has 0 amide bonds. The Bertz CT molecular complexity index is 138. The second-order valence-electron chi connectivity index (χ2n) is 3.74. The summed E-state index contributed by atoms with van der Waals surface area (Å²) in [5, 5.41) is 0. The molecule has 1 aliphatic rings. The van der Waals surface area contributed by atoms with Crippen molar-refractivity contribution < 1.29 is 8.78 Å². The topological polar surface area (TPSA) is 29.3 Å². The van der Waals surface area contributed by atoms with Gasteiger partial charge in [-0.25, -0.2) is 8.78 Å². The van der Waals surface area contributed by atoms with Crippen molar-refractivity contribution in [2.45, 2.75) is 25.7 Å². The predicted octanol–water partition coefficient (Wildman–Crippen LogP) is 1.31. The number of hydrogen-bond donors (Lipinski definition) is 1. The van der Waals surface area contributed by atoms with E-state index in [1.54, 1.807) is 4.90 Å². The molecule has 0 aliphatic heterocycles. The van der Waals surface area contributed by atoms with Gasteiger partial charge in [-0.1, -0.05) is 6.42 Å². The molecule has 13 heavy (non-hydrogen) atoms. The fraction of sp³-hybridized carbons (Fsp3) is 1.00. The maximum atomic E-state index is 12.1. The van der Waals surface area contributed by atoms with Crippen LogP contribution >= 0.6 is 0 Å². The van der Waals surface area contributed by atoms with Crippen LogP contribution in [0.2, 0.25) is 0 Å². The Morgan fingerprint density at radius 1 is 1.38 bits per heavy atom. The quantitative estimate of drug-likeness (QED) is 0.687. The summed E-state index contributed by atoms with van der Waals surface area (Å²) in [4.78, 5) is 1.79. The molecular formula is C9H18F2N2. The molecule has 0 aromatic heterocycles. The summed E-state index contributed by atoms with van der Waals surface area (Å²) in [5.74, 6) is 0.644. The molecule has 0 saturated heterocycles. The molecule has 78 valence electrons. The largest absolute Gasteiger partial charge is 0.329 e. The van der Waals surface area contributed by atoms with Crippen LogP contribution in [0.25, 0.3) is 0 Å². The van der Waals surface area contributed by atoms with Crippen molar-refractivity contribution in [3.63, 3.8) is 0 Å². The normalized spacial score (nSPS) is 18.2. The van der Waals surface area contributed by atoms with Gasteiger partial charge in [0.1, 0.15) is 0 Å². The maximum Gasteiger partial charge on any atom is 0.251 e. The molecule has 0 atom stereocenters. The van der Waals surface area contributed by atoms with E-state index in [2.05, 4.69) is 0 Å². The fourth-order valence-electron chi connectivity index (χ4n) is 1.68. The lowest BCUT2D eigenvalue weighted by Gasteiger charge is -2.31. The number of rotatable bonds is 6. The zero-order chi connectivity index (χ0) is 9.68. The maximum absolute atomic E-state index is 12.1. The Balaban J connectivity index is 2.19. The van der Waals surface area contributed by atoms with Gasteiger partial charge < -0.3 is 5.73 Å². The number of nitrogens with two attached hydrogens (primary N) is 1. The summed E-state index contributed by atoms with van der Waals surface area (Å²) in [7, 11) is 0. The summed E-state index contributed by atoms with van der Waals surface area (Å²) in [6.07, 6.45) is 1.43. The first-order valence-corrected chi connectivity index (χ1v) is 4.93. The highest BCUT2D eigenvalue weighted by Gasteiger charge is 2.21. The SMILES string of the molecule is NCCN(CC(F)F)CC1CCC1. The highest BCUT2D eigenvalue weighted by Crippen LogP contribution is 2.27. The summed E-state index contributed by atoms with van der Waals surface area (Å²) in [6.45, 7) is 1.76. The zero-order valence-corrected chi connectivity index (χ0v) is 7.88. The molecule has 1 fully saturated rings. The summed E-state index contributed by atoms with van der Waals surface area (Å²) >= 11 is 0. The number of nitrogens with zero attached hydrogens (tertiary/aromatic N) is 1. The van der Waals surface area contributed by atoms with Crippen LogP contribution in [0.3, 0.4) is 0 Å². The number of halogens is 2. The van der Waals surface area contributed by atoms with Gasteiger partial charge >= 0.3 is 0 Å². The summed E-state index contributed by atoms with van der Waals surface area (Å²) in [6, 6.07) is 0. The highest BCUT2D eigenvalue weighted by molar-refractivity contribution is 4.74. The van der Waals surface area contributed by atoms with Gasteiger partial charge in [-0.2, -0.15) is 0 Å². The first-order chi connectivity index (χ1) is 6.22. The molecule has 0 aromatic carbocycles. The van der Waals surface area contributed by atoms with Crippen LogP contribution in [-0.4, -0.2) is 37.5 Å². The molecule has 1 saturated carbocycles. The Labute approximate surface area is 78.1 Å². The van der Waals surface area contributed by atoms with Crippen LogP contribution in [0.1, 0.15) is 19.3 Å². The van der Waals surface area contributed by atoms with Gasteiger partial charge in [-0.3, -0.25) is 4.90 Å². The molecule has 1 aliphatic carbocycles. The van der Waals surface area contributed by atoms with E-state index in [0.717, 1.165) is 6.54 Å². The first kappa shape index (κ1) is 10.9. The lowest BCUT2D eigenvalue weighted by Crippen LogP contribution is -2.38. The van der Waals surface area contributed by atoms with Crippen molar-refractivity contribution in [3.8, 4) is 0 Å². The molecule has 2 nitrogen and oxygen atoms in total. The molecule has 1 rings (SSSR count). The van der Waals surface area contributed by atoms with E-state index in [4.69, 9.17) is 5.73 Å². The van der Waals surface area contributed by atoms with Crippen molar-refractivity contribution in [1.82, 2.24) is 4.90 Å². The Kier molecular flexibility index (Phi) is 4.59. The molecule has 2 N–H and O–H groups in total. The minimum atomic E-state index is -2.23. The van der Waals surface area contributed by atoms with Crippen LogP contribution in [0, 0.1) is 5.92 Å². The Morgan fingerprint density at radius 2 is 2.08 bits per heavy atom. The third-order valence-corrected chi connectivity index (χ3v) is 2.58. The first-order valence-electron chi connectivity index (χ1n) is 4.93. The molecule has 0 heterocycles. The predicted molar refractivity (Wildman–Crippen MR) is 48.8 cm³/mol. The van der Waals surface area contributed by atoms with E-state index in [0.29, 0.717) is 19.0 Å². The average Bonchev–Trinajstić information content (AvgIpc) is 1.96. The van der Waals surface area contributed by atoms with Gasteiger partial charge in [-0.05, 0) is 18.8 Å².